The first kappa shape index (κ1) is 12.2. The van der Waals surface area contributed by atoms with E-state index in [0.29, 0.717) is 19.0 Å². The Morgan fingerprint density at radius 1 is 1.32 bits per heavy atom. The van der Waals surface area contributed by atoms with Gasteiger partial charge in [-0.25, -0.2) is 4.79 Å². The van der Waals surface area contributed by atoms with Crippen molar-refractivity contribution in [1.82, 2.24) is 20.0 Å². The number of rotatable bonds is 3. The van der Waals surface area contributed by atoms with Crippen molar-refractivity contribution in [3.8, 4) is 0 Å². The summed E-state index contributed by atoms with van der Waals surface area (Å²) in [7, 11) is 0. The summed E-state index contributed by atoms with van der Waals surface area (Å²) in [5.74, 6) is -0.126. The van der Waals surface area contributed by atoms with Gasteiger partial charge in [0.15, 0.2) is 0 Å². The highest BCUT2D eigenvalue weighted by Crippen LogP contribution is 2.28. The van der Waals surface area contributed by atoms with E-state index in [-0.39, 0.29) is 18.5 Å². The van der Waals surface area contributed by atoms with Crippen LogP contribution in [0.1, 0.15) is 43.8 Å². The molecule has 0 radical (unpaired) electrons. The SMILES string of the molecule is O=C1CCNC(=O)N1Cc1ccn(C2CCCC2)n1. The fourth-order valence-corrected chi connectivity index (χ4v) is 2.78. The van der Waals surface area contributed by atoms with E-state index >= 15 is 0 Å². The molecule has 0 aromatic carbocycles. The van der Waals surface area contributed by atoms with Gasteiger partial charge in [0, 0.05) is 19.2 Å². The van der Waals surface area contributed by atoms with Crippen molar-refractivity contribution in [1.29, 1.82) is 0 Å². The molecule has 1 N–H and O–H groups in total. The highest BCUT2D eigenvalue weighted by Gasteiger charge is 2.26. The average Bonchev–Trinajstić information content (AvgIpc) is 3.04. The predicted octanol–water partition coefficient (Wildman–Crippen LogP) is 1.44. The van der Waals surface area contributed by atoms with Crippen LogP contribution in [-0.2, 0) is 11.3 Å². The number of nitrogens with one attached hydrogen (secondary N) is 1. The van der Waals surface area contributed by atoms with E-state index in [2.05, 4.69) is 10.4 Å². The number of amides is 3. The van der Waals surface area contributed by atoms with Gasteiger partial charge in [-0.2, -0.15) is 5.10 Å². The molecule has 2 heterocycles. The molecule has 1 saturated heterocycles. The van der Waals surface area contributed by atoms with E-state index in [4.69, 9.17) is 0 Å². The fourth-order valence-electron chi connectivity index (χ4n) is 2.78. The minimum Gasteiger partial charge on any atom is -0.337 e. The van der Waals surface area contributed by atoms with Crippen LogP contribution in [-0.4, -0.2) is 33.2 Å². The van der Waals surface area contributed by atoms with Crippen LogP contribution in [0, 0.1) is 0 Å². The number of nitrogens with zero attached hydrogens (tertiary/aromatic N) is 3. The number of aromatic nitrogens is 2. The van der Waals surface area contributed by atoms with Gasteiger partial charge in [0.05, 0.1) is 18.3 Å². The van der Waals surface area contributed by atoms with Gasteiger partial charge < -0.3 is 5.32 Å². The number of hydrogen-bond acceptors (Lipinski definition) is 3. The van der Waals surface area contributed by atoms with E-state index in [1.54, 1.807) is 0 Å². The topological polar surface area (TPSA) is 67.2 Å². The third kappa shape index (κ3) is 2.47. The normalized spacial score (nSPS) is 20.9. The molecule has 2 aliphatic rings. The van der Waals surface area contributed by atoms with Gasteiger partial charge in [-0.15, -0.1) is 0 Å². The Balaban J connectivity index is 1.69. The van der Waals surface area contributed by atoms with Gasteiger partial charge in [0.25, 0.3) is 0 Å². The molecule has 0 spiro atoms. The van der Waals surface area contributed by atoms with Gasteiger partial charge in [-0.1, -0.05) is 12.8 Å². The van der Waals surface area contributed by atoms with Crippen molar-refractivity contribution in [2.24, 2.45) is 0 Å². The molecular weight excluding hydrogens is 244 g/mol. The van der Waals surface area contributed by atoms with Crippen molar-refractivity contribution in [3.05, 3.63) is 18.0 Å². The summed E-state index contributed by atoms with van der Waals surface area (Å²) >= 11 is 0. The predicted molar refractivity (Wildman–Crippen MR) is 68.3 cm³/mol. The first-order valence-electron chi connectivity index (χ1n) is 6.86. The molecule has 1 aromatic rings. The molecule has 6 nitrogen and oxygen atoms in total. The van der Waals surface area contributed by atoms with Crippen molar-refractivity contribution in [3.63, 3.8) is 0 Å². The van der Waals surface area contributed by atoms with Gasteiger partial charge in [0.2, 0.25) is 5.91 Å². The Morgan fingerprint density at radius 2 is 2.11 bits per heavy atom. The van der Waals surface area contributed by atoms with Crippen LogP contribution in [0.4, 0.5) is 4.79 Å². The molecule has 2 fully saturated rings. The molecule has 0 atom stereocenters. The Bertz CT molecular complexity index is 475. The lowest BCUT2D eigenvalue weighted by molar-refractivity contribution is -0.129. The number of carbonyl (C=O) groups excluding carboxylic acids is 2. The van der Waals surface area contributed by atoms with Gasteiger partial charge in [-0.05, 0) is 18.9 Å². The first-order chi connectivity index (χ1) is 9.24. The van der Waals surface area contributed by atoms with Crippen molar-refractivity contribution in [2.75, 3.05) is 6.54 Å². The maximum absolute atomic E-state index is 11.7. The molecule has 1 saturated carbocycles. The van der Waals surface area contributed by atoms with E-state index in [9.17, 15) is 9.59 Å². The standard InChI is InChI=1S/C13H18N4O2/c18-12-5-7-14-13(19)16(12)9-10-6-8-17(15-10)11-3-1-2-4-11/h6,8,11H,1-5,7,9H2,(H,14,19). The molecule has 102 valence electrons. The number of imide groups is 1. The van der Waals surface area contributed by atoms with E-state index in [1.165, 1.54) is 30.6 Å². The number of urea groups is 1. The van der Waals surface area contributed by atoms with Gasteiger partial charge in [0.1, 0.15) is 0 Å². The molecule has 1 aliphatic heterocycles. The molecule has 1 aliphatic carbocycles. The number of hydrogen-bond donors (Lipinski definition) is 1. The summed E-state index contributed by atoms with van der Waals surface area (Å²) in [4.78, 5) is 24.6. The molecule has 0 bridgehead atoms. The van der Waals surface area contributed by atoms with E-state index in [1.807, 2.05) is 16.9 Å². The summed E-state index contributed by atoms with van der Waals surface area (Å²) in [5, 5.41) is 7.17. The van der Waals surface area contributed by atoms with Crippen LogP contribution in [0.25, 0.3) is 0 Å². The third-order valence-corrected chi connectivity index (χ3v) is 3.84. The van der Waals surface area contributed by atoms with Crippen LogP contribution in [0.15, 0.2) is 12.3 Å². The summed E-state index contributed by atoms with van der Waals surface area (Å²) in [6.07, 6.45) is 7.18. The van der Waals surface area contributed by atoms with Gasteiger partial charge in [-0.3, -0.25) is 14.4 Å². The van der Waals surface area contributed by atoms with Crippen molar-refractivity contribution < 1.29 is 9.59 Å². The maximum atomic E-state index is 11.7. The minimum atomic E-state index is -0.313. The largest absolute Gasteiger partial charge is 0.337 e. The van der Waals surface area contributed by atoms with Crippen LogP contribution in [0.2, 0.25) is 0 Å². The van der Waals surface area contributed by atoms with E-state index in [0.717, 1.165) is 5.69 Å². The molecular formula is C13H18N4O2. The lowest BCUT2D eigenvalue weighted by atomic mass is 10.3. The maximum Gasteiger partial charge on any atom is 0.324 e. The fraction of sp³-hybridized carbons (Fsp3) is 0.615. The Labute approximate surface area is 111 Å². The Hall–Kier alpha value is -1.85. The number of carbonyl (C=O) groups is 2. The quantitative estimate of drug-likeness (QED) is 0.896. The molecule has 3 amide bonds. The summed E-state index contributed by atoms with van der Waals surface area (Å²) in [5.41, 5.74) is 0.775. The molecule has 3 rings (SSSR count). The smallest absolute Gasteiger partial charge is 0.324 e. The summed E-state index contributed by atoms with van der Waals surface area (Å²) in [6, 6.07) is 2.07. The highest BCUT2D eigenvalue weighted by molar-refractivity contribution is 5.96. The van der Waals surface area contributed by atoms with Crippen molar-refractivity contribution >= 4 is 11.9 Å². The second-order valence-corrected chi connectivity index (χ2v) is 5.19. The van der Waals surface area contributed by atoms with Crippen LogP contribution < -0.4 is 5.32 Å². The summed E-state index contributed by atoms with van der Waals surface area (Å²) < 4.78 is 1.98. The zero-order valence-electron chi connectivity index (χ0n) is 10.8. The second-order valence-electron chi connectivity index (χ2n) is 5.19. The molecule has 1 aromatic heterocycles. The lowest BCUT2D eigenvalue weighted by Crippen LogP contribution is -2.49. The van der Waals surface area contributed by atoms with Crippen molar-refractivity contribution in [2.45, 2.75) is 44.7 Å². The molecule has 0 unspecified atom stereocenters. The van der Waals surface area contributed by atoms with Gasteiger partial charge >= 0.3 is 6.03 Å². The minimum absolute atomic E-state index is 0.126. The van der Waals surface area contributed by atoms with Crippen LogP contribution in [0.3, 0.4) is 0 Å². The highest BCUT2D eigenvalue weighted by atomic mass is 16.2. The Kier molecular flexibility index (Phi) is 3.23. The molecule has 6 heteroatoms. The second kappa shape index (κ2) is 5.03. The third-order valence-electron chi connectivity index (χ3n) is 3.84. The Morgan fingerprint density at radius 3 is 2.84 bits per heavy atom. The summed E-state index contributed by atoms with van der Waals surface area (Å²) in [6.45, 7) is 0.703. The monoisotopic (exact) mass is 262 g/mol. The average molecular weight is 262 g/mol. The van der Waals surface area contributed by atoms with E-state index < -0.39 is 0 Å². The first-order valence-corrected chi connectivity index (χ1v) is 6.86. The zero-order chi connectivity index (χ0) is 13.2. The van der Waals surface area contributed by atoms with Crippen LogP contribution in [0.5, 0.6) is 0 Å². The zero-order valence-corrected chi connectivity index (χ0v) is 10.8. The molecule has 19 heavy (non-hydrogen) atoms. The van der Waals surface area contributed by atoms with Crippen LogP contribution >= 0.6 is 0 Å². The lowest BCUT2D eigenvalue weighted by Gasteiger charge is -2.24.